The van der Waals surface area contributed by atoms with Crippen LogP contribution in [0.5, 0.6) is 5.88 Å². The lowest BCUT2D eigenvalue weighted by Gasteiger charge is -2.28. The number of anilines is 1. The molecule has 1 heterocycles. The van der Waals surface area contributed by atoms with E-state index in [1.165, 1.54) is 11.1 Å². The number of carbonyl (C=O) groups is 1. The van der Waals surface area contributed by atoms with E-state index < -0.39 is 5.41 Å². The van der Waals surface area contributed by atoms with Gasteiger partial charge in [0.1, 0.15) is 0 Å². The highest BCUT2D eigenvalue weighted by molar-refractivity contribution is 6.30. The number of aromatic nitrogens is 1. The lowest BCUT2D eigenvalue weighted by molar-refractivity contribution is -0.121. The molecule has 0 radical (unpaired) electrons. The zero-order valence-corrected chi connectivity index (χ0v) is 17.2. The van der Waals surface area contributed by atoms with Gasteiger partial charge >= 0.3 is 0 Å². The third kappa shape index (κ3) is 3.99. The molecule has 1 aromatic heterocycles. The summed E-state index contributed by atoms with van der Waals surface area (Å²) in [4.78, 5) is 17.8. The molecule has 0 saturated carbocycles. The summed E-state index contributed by atoms with van der Waals surface area (Å²) in [6.07, 6.45) is 2.98. The molecular weight excluding hydrogens is 384 g/mol. The maximum absolute atomic E-state index is 13.6. The van der Waals surface area contributed by atoms with Crippen LogP contribution < -0.4 is 10.1 Å². The number of nitrogens with one attached hydrogen (secondary N) is 1. The molecule has 0 saturated heterocycles. The number of pyridine rings is 1. The smallest absolute Gasteiger partial charge is 0.235 e. The SMILES string of the molecule is CC(C)Oc1ccc(NC(=O)C2(c3ccc(Cl)cc3)Cc3ccccc3C2)cn1. The second kappa shape index (κ2) is 7.88. The summed E-state index contributed by atoms with van der Waals surface area (Å²) >= 11 is 6.09. The van der Waals surface area contributed by atoms with Crippen molar-refractivity contribution in [2.45, 2.75) is 38.2 Å². The van der Waals surface area contributed by atoms with E-state index in [2.05, 4.69) is 22.4 Å². The third-order valence-electron chi connectivity index (χ3n) is 5.28. The summed E-state index contributed by atoms with van der Waals surface area (Å²) in [6.45, 7) is 3.90. The molecule has 4 rings (SSSR count). The summed E-state index contributed by atoms with van der Waals surface area (Å²) in [7, 11) is 0. The molecule has 3 aromatic rings. The molecule has 0 atom stereocenters. The number of hydrogen-bond acceptors (Lipinski definition) is 3. The fourth-order valence-electron chi connectivity index (χ4n) is 3.90. The Bertz CT molecular complexity index is 989. The Labute approximate surface area is 175 Å². The zero-order chi connectivity index (χ0) is 20.4. The van der Waals surface area contributed by atoms with Crippen LogP contribution in [0.2, 0.25) is 5.02 Å². The molecule has 5 heteroatoms. The van der Waals surface area contributed by atoms with Crippen LogP contribution in [0.25, 0.3) is 0 Å². The number of rotatable bonds is 5. The van der Waals surface area contributed by atoms with Gasteiger partial charge in [-0.05, 0) is 61.6 Å². The van der Waals surface area contributed by atoms with Crippen LogP contribution in [0.1, 0.15) is 30.5 Å². The van der Waals surface area contributed by atoms with Crippen LogP contribution in [0.15, 0.2) is 66.9 Å². The van der Waals surface area contributed by atoms with Gasteiger partial charge in [-0.25, -0.2) is 4.98 Å². The highest BCUT2D eigenvalue weighted by Crippen LogP contribution is 2.41. The van der Waals surface area contributed by atoms with E-state index in [1.807, 2.05) is 56.3 Å². The average Bonchev–Trinajstić information content (AvgIpc) is 3.10. The van der Waals surface area contributed by atoms with Crippen LogP contribution in [0, 0.1) is 0 Å². The van der Waals surface area contributed by atoms with Gasteiger partial charge in [-0.2, -0.15) is 0 Å². The van der Waals surface area contributed by atoms with Crippen molar-refractivity contribution in [3.8, 4) is 5.88 Å². The van der Waals surface area contributed by atoms with E-state index >= 15 is 0 Å². The number of carbonyl (C=O) groups excluding carboxylic acids is 1. The number of halogens is 1. The van der Waals surface area contributed by atoms with Gasteiger partial charge in [0.15, 0.2) is 0 Å². The first-order valence-electron chi connectivity index (χ1n) is 9.73. The molecule has 1 aliphatic carbocycles. The quantitative estimate of drug-likeness (QED) is 0.633. The number of amides is 1. The first-order valence-corrected chi connectivity index (χ1v) is 10.1. The lowest BCUT2D eigenvalue weighted by atomic mass is 9.76. The van der Waals surface area contributed by atoms with Crippen molar-refractivity contribution in [3.63, 3.8) is 0 Å². The molecule has 148 valence electrons. The molecule has 0 fully saturated rings. The molecule has 1 aliphatic rings. The van der Waals surface area contributed by atoms with Crippen molar-refractivity contribution in [1.82, 2.24) is 4.98 Å². The monoisotopic (exact) mass is 406 g/mol. The first kappa shape index (κ1) is 19.5. The maximum atomic E-state index is 13.6. The van der Waals surface area contributed by atoms with Crippen LogP contribution >= 0.6 is 11.6 Å². The van der Waals surface area contributed by atoms with Crippen molar-refractivity contribution < 1.29 is 9.53 Å². The Morgan fingerprint density at radius 1 is 1.03 bits per heavy atom. The summed E-state index contributed by atoms with van der Waals surface area (Å²) in [5, 5.41) is 3.72. The fourth-order valence-corrected chi connectivity index (χ4v) is 4.02. The Morgan fingerprint density at radius 2 is 1.69 bits per heavy atom. The number of fused-ring (bicyclic) bond motifs is 1. The van der Waals surface area contributed by atoms with E-state index in [1.54, 1.807) is 12.3 Å². The standard InChI is InChI=1S/C24H23ClN2O2/c1-16(2)29-22-12-11-21(15-26-22)27-23(28)24(19-7-9-20(25)10-8-19)13-17-5-3-4-6-18(17)14-24/h3-12,15-16H,13-14H2,1-2H3,(H,27,28). The van der Waals surface area contributed by atoms with Gasteiger partial charge in [-0.15, -0.1) is 0 Å². The number of benzene rings is 2. The minimum absolute atomic E-state index is 0.0460. The Morgan fingerprint density at radius 3 is 2.24 bits per heavy atom. The average molecular weight is 407 g/mol. The van der Waals surface area contributed by atoms with Crippen molar-refractivity contribution >= 4 is 23.2 Å². The summed E-state index contributed by atoms with van der Waals surface area (Å²) < 4.78 is 5.58. The van der Waals surface area contributed by atoms with Crippen molar-refractivity contribution in [2.75, 3.05) is 5.32 Å². The second-order valence-electron chi connectivity index (χ2n) is 7.72. The minimum Gasteiger partial charge on any atom is -0.475 e. The molecule has 2 aromatic carbocycles. The Hall–Kier alpha value is -2.85. The van der Waals surface area contributed by atoms with E-state index in [9.17, 15) is 4.79 Å². The van der Waals surface area contributed by atoms with E-state index in [0.717, 1.165) is 5.56 Å². The summed E-state index contributed by atoms with van der Waals surface area (Å²) in [6, 6.07) is 19.4. The van der Waals surface area contributed by atoms with Crippen LogP contribution in [0.4, 0.5) is 5.69 Å². The van der Waals surface area contributed by atoms with Gasteiger partial charge < -0.3 is 10.1 Å². The fraction of sp³-hybridized carbons (Fsp3) is 0.250. The van der Waals surface area contributed by atoms with Gasteiger partial charge in [-0.1, -0.05) is 48.0 Å². The third-order valence-corrected chi connectivity index (χ3v) is 5.54. The number of hydrogen-bond donors (Lipinski definition) is 1. The van der Waals surface area contributed by atoms with Gasteiger partial charge in [0.2, 0.25) is 11.8 Å². The molecule has 0 aliphatic heterocycles. The molecule has 1 amide bonds. The van der Waals surface area contributed by atoms with E-state index in [0.29, 0.717) is 29.4 Å². The Balaban J connectivity index is 1.63. The molecular formula is C24H23ClN2O2. The normalized spacial score (nSPS) is 14.5. The van der Waals surface area contributed by atoms with Gasteiger partial charge in [0.05, 0.1) is 23.4 Å². The predicted octanol–water partition coefficient (Wildman–Crippen LogP) is 5.20. The maximum Gasteiger partial charge on any atom is 0.235 e. The molecule has 0 spiro atoms. The highest BCUT2D eigenvalue weighted by atomic mass is 35.5. The van der Waals surface area contributed by atoms with E-state index in [4.69, 9.17) is 16.3 Å². The molecule has 1 N–H and O–H groups in total. The van der Waals surface area contributed by atoms with Crippen LogP contribution in [-0.2, 0) is 23.1 Å². The van der Waals surface area contributed by atoms with Crippen molar-refractivity contribution in [3.05, 3.63) is 88.6 Å². The largest absolute Gasteiger partial charge is 0.475 e. The van der Waals surface area contributed by atoms with Crippen molar-refractivity contribution in [2.24, 2.45) is 0 Å². The highest BCUT2D eigenvalue weighted by Gasteiger charge is 2.45. The zero-order valence-electron chi connectivity index (χ0n) is 16.5. The topological polar surface area (TPSA) is 51.2 Å². The molecule has 0 bridgehead atoms. The van der Waals surface area contributed by atoms with Gasteiger partial charge in [0, 0.05) is 11.1 Å². The number of ether oxygens (including phenoxy) is 1. The van der Waals surface area contributed by atoms with Gasteiger partial charge in [-0.3, -0.25) is 4.79 Å². The van der Waals surface area contributed by atoms with Crippen molar-refractivity contribution in [1.29, 1.82) is 0 Å². The Kier molecular flexibility index (Phi) is 5.29. The first-order chi connectivity index (χ1) is 14.0. The predicted molar refractivity (Wildman–Crippen MR) is 116 cm³/mol. The number of nitrogens with zero attached hydrogens (tertiary/aromatic N) is 1. The van der Waals surface area contributed by atoms with Gasteiger partial charge in [0.25, 0.3) is 0 Å². The summed E-state index contributed by atoms with van der Waals surface area (Å²) in [5.41, 5.74) is 3.34. The van der Waals surface area contributed by atoms with Crippen LogP contribution in [-0.4, -0.2) is 17.0 Å². The lowest BCUT2D eigenvalue weighted by Crippen LogP contribution is -2.41. The minimum atomic E-state index is -0.679. The van der Waals surface area contributed by atoms with Crippen LogP contribution in [0.3, 0.4) is 0 Å². The van der Waals surface area contributed by atoms with E-state index in [-0.39, 0.29) is 12.0 Å². The molecule has 29 heavy (non-hydrogen) atoms. The molecule has 0 unspecified atom stereocenters. The summed E-state index contributed by atoms with van der Waals surface area (Å²) in [5.74, 6) is 0.494. The second-order valence-corrected chi connectivity index (χ2v) is 8.15. The molecule has 4 nitrogen and oxygen atoms in total.